The Morgan fingerprint density at radius 1 is 1.56 bits per heavy atom. The van der Waals surface area contributed by atoms with Gasteiger partial charge in [-0.05, 0) is 50.1 Å². The van der Waals surface area contributed by atoms with E-state index in [-0.39, 0.29) is 0 Å². The Labute approximate surface area is 111 Å². The molecule has 1 atom stereocenters. The van der Waals surface area contributed by atoms with E-state index in [2.05, 4.69) is 27.8 Å². The first-order valence-corrected chi connectivity index (χ1v) is 6.59. The molecule has 1 aromatic carbocycles. The topological polar surface area (TPSA) is 12.0 Å². The minimum Gasteiger partial charge on any atom is -0.313 e. The lowest BCUT2D eigenvalue weighted by atomic mass is 10.0. The maximum Gasteiger partial charge on any atom is 0.0410 e. The van der Waals surface area contributed by atoms with Gasteiger partial charge in [0.2, 0.25) is 0 Å². The van der Waals surface area contributed by atoms with Crippen molar-refractivity contribution in [2.75, 3.05) is 7.05 Å². The van der Waals surface area contributed by atoms with Gasteiger partial charge in [0.1, 0.15) is 0 Å². The van der Waals surface area contributed by atoms with E-state index in [4.69, 9.17) is 11.6 Å². The van der Waals surface area contributed by atoms with Gasteiger partial charge in [-0.25, -0.2) is 0 Å². The van der Waals surface area contributed by atoms with Crippen LogP contribution in [0.25, 0.3) is 0 Å². The molecule has 0 fully saturated rings. The Hall–Kier alpha value is -0.310. The molecular weight excluding hydrogens is 286 g/mol. The highest BCUT2D eigenvalue weighted by Crippen LogP contribution is 2.29. The third-order valence-corrected chi connectivity index (χ3v) is 3.54. The monoisotopic (exact) mass is 301 g/mol. The smallest absolute Gasteiger partial charge is 0.0410 e. The molecule has 1 unspecified atom stereocenters. The lowest BCUT2D eigenvalue weighted by Gasteiger charge is -2.18. The van der Waals surface area contributed by atoms with Crippen LogP contribution < -0.4 is 5.32 Å². The van der Waals surface area contributed by atoms with E-state index < -0.39 is 0 Å². The number of rotatable bonds is 6. The van der Waals surface area contributed by atoms with Gasteiger partial charge in [-0.3, -0.25) is 0 Å². The van der Waals surface area contributed by atoms with Crippen LogP contribution in [0.1, 0.15) is 30.9 Å². The molecule has 0 spiro atoms. The van der Waals surface area contributed by atoms with Crippen molar-refractivity contribution >= 4 is 27.5 Å². The minimum atomic E-state index is 0.341. The van der Waals surface area contributed by atoms with Gasteiger partial charge >= 0.3 is 0 Å². The van der Waals surface area contributed by atoms with Crippen LogP contribution in [0.4, 0.5) is 0 Å². The summed E-state index contributed by atoms with van der Waals surface area (Å²) >= 11 is 9.58. The normalized spacial score (nSPS) is 12.4. The molecule has 1 nitrogen and oxygen atoms in total. The molecule has 1 rings (SSSR count). The number of halogens is 2. The molecule has 0 bridgehead atoms. The quantitative estimate of drug-likeness (QED) is 0.592. The van der Waals surface area contributed by atoms with Gasteiger partial charge in [0.25, 0.3) is 0 Å². The Morgan fingerprint density at radius 2 is 2.31 bits per heavy atom. The highest BCUT2D eigenvalue weighted by atomic mass is 79.9. The molecule has 0 heterocycles. The lowest BCUT2D eigenvalue weighted by Crippen LogP contribution is -2.16. The second-order valence-corrected chi connectivity index (χ2v) is 5.02. The van der Waals surface area contributed by atoms with Crippen molar-refractivity contribution in [3.8, 4) is 0 Å². The van der Waals surface area contributed by atoms with Gasteiger partial charge in [-0.2, -0.15) is 0 Å². The summed E-state index contributed by atoms with van der Waals surface area (Å²) in [5.74, 6) is 0. The first-order valence-electron chi connectivity index (χ1n) is 5.42. The third-order valence-electron chi connectivity index (χ3n) is 2.58. The second-order valence-electron chi connectivity index (χ2n) is 3.73. The summed E-state index contributed by atoms with van der Waals surface area (Å²) in [5.41, 5.74) is 1.22. The molecule has 88 valence electrons. The van der Waals surface area contributed by atoms with Crippen molar-refractivity contribution in [3.63, 3.8) is 0 Å². The fourth-order valence-electron chi connectivity index (χ4n) is 1.70. The zero-order chi connectivity index (χ0) is 12.0. The number of nitrogens with one attached hydrogen (secondary N) is 1. The fraction of sp³-hybridized carbons (Fsp3) is 0.385. The molecule has 1 N–H and O–H groups in total. The van der Waals surface area contributed by atoms with Crippen molar-refractivity contribution in [3.05, 3.63) is 45.9 Å². The summed E-state index contributed by atoms with van der Waals surface area (Å²) in [5, 5.41) is 4.10. The number of hydrogen-bond donors (Lipinski definition) is 1. The summed E-state index contributed by atoms with van der Waals surface area (Å²) in [6.45, 7) is 3.74. The molecule has 1 aromatic rings. The molecule has 16 heavy (non-hydrogen) atoms. The number of benzene rings is 1. The van der Waals surface area contributed by atoms with Gasteiger partial charge in [0, 0.05) is 15.5 Å². The van der Waals surface area contributed by atoms with Crippen molar-refractivity contribution in [1.29, 1.82) is 0 Å². The van der Waals surface area contributed by atoms with Gasteiger partial charge in [0.05, 0.1) is 0 Å². The van der Waals surface area contributed by atoms with Crippen LogP contribution in [-0.4, -0.2) is 7.05 Å². The van der Waals surface area contributed by atoms with Crippen LogP contribution in [-0.2, 0) is 0 Å². The van der Waals surface area contributed by atoms with Gasteiger partial charge in [0.15, 0.2) is 0 Å². The zero-order valence-electron chi connectivity index (χ0n) is 9.47. The van der Waals surface area contributed by atoms with Crippen LogP contribution in [0.3, 0.4) is 0 Å². The van der Waals surface area contributed by atoms with Crippen molar-refractivity contribution in [1.82, 2.24) is 5.32 Å². The summed E-state index contributed by atoms with van der Waals surface area (Å²) in [4.78, 5) is 0. The van der Waals surface area contributed by atoms with Gasteiger partial charge < -0.3 is 5.32 Å². The summed E-state index contributed by atoms with van der Waals surface area (Å²) in [6, 6.07) is 6.25. The zero-order valence-corrected chi connectivity index (χ0v) is 11.8. The van der Waals surface area contributed by atoms with Crippen LogP contribution in [0.15, 0.2) is 35.3 Å². The van der Waals surface area contributed by atoms with E-state index in [1.54, 1.807) is 0 Å². The van der Waals surface area contributed by atoms with E-state index in [9.17, 15) is 0 Å². The largest absolute Gasteiger partial charge is 0.313 e. The molecule has 0 amide bonds. The van der Waals surface area contributed by atoms with Crippen molar-refractivity contribution in [2.45, 2.75) is 25.3 Å². The summed E-state index contributed by atoms with van der Waals surface area (Å²) < 4.78 is 1.11. The number of unbranched alkanes of at least 4 members (excludes halogenated alkanes) is 1. The van der Waals surface area contributed by atoms with E-state index in [0.717, 1.165) is 28.8 Å². The Kier molecular flexibility index (Phi) is 6.10. The predicted molar refractivity (Wildman–Crippen MR) is 75.0 cm³/mol. The molecule has 0 aliphatic rings. The SMILES string of the molecule is C=CCCCC(NC)c1cc(Cl)ccc1Br. The van der Waals surface area contributed by atoms with Gasteiger partial charge in [-0.15, -0.1) is 6.58 Å². The predicted octanol–water partition coefficient (Wildman–Crippen LogP) is 4.72. The first-order chi connectivity index (χ1) is 7.69. The molecule has 0 aliphatic heterocycles. The molecule has 0 saturated heterocycles. The highest BCUT2D eigenvalue weighted by molar-refractivity contribution is 9.10. The Bertz CT molecular complexity index is 352. The van der Waals surface area contributed by atoms with Crippen LogP contribution >= 0.6 is 27.5 Å². The minimum absolute atomic E-state index is 0.341. The van der Waals surface area contributed by atoms with Crippen molar-refractivity contribution in [2.24, 2.45) is 0 Å². The summed E-state index contributed by atoms with van der Waals surface area (Å²) in [6.07, 6.45) is 5.23. The standard InChI is InChI=1S/C13H17BrClN/c1-3-4-5-6-13(16-2)11-9-10(15)7-8-12(11)14/h3,7-9,13,16H,1,4-6H2,2H3. The summed E-state index contributed by atoms with van der Waals surface area (Å²) in [7, 11) is 1.98. The lowest BCUT2D eigenvalue weighted by molar-refractivity contribution is 0.528. The fourth-order valence-corrected chi connectivity index (χ4v) is 2.41. The third kappa shape index (κ3) is 3.93. The first kappa shape index (κ1) is 13.8. The Morgan fingerprint density at radius 3 is 2.94 bits per heavy atom. The molecule has 3 heteroatoms. The van der Waals surface area contributed by atoms with E-state index in [1.165, 1.54) is 5.56 Å². The molecule has 0 aliphatic carbocycles. The average Bonchev–Trinajstić information content (AvgIpc) is 2.28. The van der Waals surface area contributed by atoms with Crippen LogP contribution in [0.5, 0.6) is 0 Å². The maximum atomic E-state index is 6.01. The average molecular weight is 303 g/mol. The van der Waals surface area contributed by atoms with Crippen LogP contribution in [0.2, 0.25) is 5.02 Å². The van der Waals surface area contributed by atoms with Crippen molar-refractivity contribution < 1.29 is 0 Å². The second kappa shape index (κ2) is 7.10. The van der Waals surface area contributed by atoms with Crippen LogP contribution in [0, 0.1) is 0 Å². The van der Waals surface area contributed by atoms with Gasteiger partial charge in [-0.1, -0.05) is 33.6 Å². The highest BCUT2D eigenvalue weighted by Gasteiger charge is 2.12. The van der Waals surface area contributed by atoms with E-state index in [1.807, 2.05) is 31.3 Å². The molecule has 0 saturated carbocycles. The molecule has 0 aromatic heterocycles. The molecule has 0 radical (unpaired) electrons. The number of hydrogen-bond acceptors (Lipinski definition) is 1. The Balaban J connectivity index is 2.77. The van der Waals surface area contributed by atoms with E-state index in [0.29, 0.717) is 6.04 Å². The molecular formula is C13H17BrClN. The van der Waals surface area contributed by atoms with E-state index >= 15 is 0 Å². The maximum absolute atomic E-state index is 6.01. The number of allylic oxidation sites excluding steroid dienone is 1.